The first-order valence-corrected chi connectivity index (χ1v) is 8.46. The third kappa shape index (κ3) is 2.47. The van der Waals surface area contributed by atoms with E-state index >= 15 is 0 Å². The van der Waals surface area contributed by atoms with Crippen molar-refractivity contribution in [2.24, 2.45) is 0 Å². The molecule has 4 nitrogen and oxygen atoms in total. The van der Waals surface area contributed by atoms with Crippen molar-refractivity contribution >= 4 is 39.7 Å². The van der Waals surface area contributed by atoms with Crippen LogP contribution in [0.5, 0.6) is 0 Å². The average Bonchev–Trinajstić information content (AvgIpc) is 2.96. The number of nitrogens with zero attached hydrogens (tertiary/aromatic N) is 2. The molecule has 0 aliphatic carbocycles. The number of aromatic nitrogens is 3. The second kappa shape index (κ2) is 6.09. The topological polar surface area (TPSA) is 45.6 Å². The summed E-state index contributed by atoms with van der Waals surface area (Å²) < 4.78 is 2.90. The Morgan fingerprint density at radius 1 is 1.12 bits per heavy atom. The summed E-state index contributed by atoms with van der Waals surface area (Å²) in [6.07, 6.45) is 3.67. The van der Waals surface area contributed by atoms with Crippen molar-refractivity contribution < 1.29 is 0 Å². The Kier molecular flexibility index (Phi) is 3.78. The van der Waals surface area contributed by atoms with Gasteiger partial charge in [-0.2, -0.15) is 0 Å². The van der Waals surface area contributed by atoms with E-state index in [9.17, 15) is 0 Å². The lowest BCUT2D eigenvalue weighted by Crippen LogP contribution is -2.00. The summed E-state index contributed by atoms with van der Waals surface area (Å²) in [4.78, 5) is 7.52. The summed E-state index contributed by atoms with van der Waals surface area (Å²) in [7, 11) is 0. The van der Waals surface area contributed by atoms with Crippen molar-refractivity contribution in [3.63, 3.8) is 0 Å². The van der Waals surface area contributed by atoms with Gasteiger partial charge in [0.25, 0.3) is 0 Å². The molecule has 0 saturated heterocycles. The number of aromatic amines is 1. The van der Waals surface area contributed by atoms with Crippen molar-refractivity contribution in [3.05, 3.63) is 65.2 Å². The van der Waals surface area contributed by atoms with Crippen LogP contribution in [0.4, 0.5) is 5.69 Å². The summed E-state index contributed by atoms with van der Waals surface area (Å²) in [5.74, 6) is 0. The first-order chi connectivity index (χ1) is 11.8. The fourth-order valence-electron chi connectivity index (χ4n) is 3.15. The highest BCUT2D eigenvalue weighted by Crippen LogP contribution is 2.30. The fraction of sp³-hybridized carbons (Fsp3) is 0.158. The van der Waals surface area contributed by atoms with Crippen LogP contribution in [0.3, 0.4) is 0 Å². The number of H-pyrrole nitrogens is 1. The standard InChI is InChI=1S/C19H18N4S/c1-2-23-17-9-8-14-15(18(17)22-19(23)24)6-3-7-16(14)21-12-13-5-4-10-20-11-13/h3-11,21H,2,12H2,1H3,(H,22,24). The average molecular weight is 334 g/mol. The van der Waals surface area contributed by atoms with E-state index in [0.717, 1.165) is 40.1 Å². The minimum absolute atomic E-state index is 0.747. The van der Waals surface area contributed by atoms with E-state index in [1.165, 1.54) is 10.8 Å². The van der Waals surface area contributed by atoms with E-state index in [0.29, 0.717) is 0 Å². The predicted molar refractivity (Wildman–Crippen MR) is 102 cm³/mol. The molecule has 0 fully saturated rings. The molecule has 0 bridgehead atoms. The molecule has 0 aliphatic heterocycles. The number of rotatable bonds is 4. The molecular formula is C19H18N4S. The van der Waals surface area contributed by atoms with Gasteiger partial charge in [0.2, 0.25) is 0 Å². The molecule has 0 saturated carbocycles. The monoisotopic (exact) mass is 334 g/mol. The number of fused-ring (bicyclic) bond motifs is 3. The van der Waals surface area contributed by atoms with E-state index in [1.807, 2.05) is 12.3 Å². The second-order valence-electron chi connectivity index (χ2n) is 5.75. The highest BCUT2D eigenvalue weighted by atomic mass is 32.1. The van der Waals surface area contributed by atoms with Crippen LogP contribution in [0, 0.1) is 4.77 Å². The molecule has 0 aliphatic rings. The summed E-state index contributed by atoms with van der Waals surface area (Å²) in [5.41, 5.74) is 4.53. The largest absolute Gasteiger partial charge is 0.380 e. The Balaban J connectivity index is 1.80. The molecule has 0 radical (unpaired) electrons. The zero-order chi connectivity index (χ0) is 16.5. The van der Waals surface area contributed by atoms with Crippen LogP contribution in [0.2, 0.25) is 0 Å². The summed E-state index contributed by atoms with van der Waals surface area (Å²) in [6, 6.07) is 14.7. The number of benzene rings is 2. The Labute approximate surface area is 145 Å². The minimum Gasteiger partial charge on any atom is -0.380 e. The first kappa shape index (κ1) is 14.9. The maximum Gasteiger partial charge on any atom is 0.178 e. The molecule has 120 valence electrons. The molecule has 24 heavy (non-hydrogen) atoms. The molecule has 2 N–H and O–H groups in total. The number of hydrogen-bond acceptors (Lipinski definition) is 3. The van der Waals surface area contributed by atoms with Gasteiger partial charge in [-0.1, -0.05) is 24.3 Å². The van der Waals surface area contributed by atoms with Gasteiger partial charge in [-0.3, -0.25) is 4.98 Å². The number of hydrogen-bond donors (Lipinski definition) is 2. The van der Waals surface area contributed by atoms with Gasteiger partial charge < -0.3 is 14.9 Å². The summed E-state index contributed by atoms with van der Waals surface area (Å²) in [5, 5.41) is 5.89. The molecule has 0 spiro atoms. The number of pyridine rings is 1. The molecule has 2 aromatic heterocycles. The maximum absolute atomic E-state index is 5.45. The van der Waals surface area contributed by atoms with Crippen LogP contribution in [0.1, 0.15) is 12.5 Å². The highest BCUT2D eigenvalue weighted by Gasteiger charge is 2.09. The molecule has 4 aromatic rings. The lowest BCUT2D eigenvalue weighted by atomic mass is 10.1. The summed E-state index contributed by atoms with van der Waals surface area (Å²) >= 11 is 5.45. The maximum atomic E-state index is 5.45. The molecule has 0 atom stereocenters. The Hall–Kier alpha value is -2.66. The van der Waals surface area contributed by atoms with E-state index in [-0.39, 0.29) is 0 Å². The SMILES string of the molecule is CCn1c(=S)[nH]c2c3cccc(NCc4cccnc4)c3ccc21. The van der Waals surface area contributed by atoms with Gasteiger partial charge in [0.1, 0.15) is 0 Å². The van der Waals surface area contributed by atoms with Crippen molar-refractivity contribution in [3.8, 4) is 0 Å². The van der Waals surface area contributed by atoms with E-state index < -0.39 is 0 Å². The highest BCUT2D eigenvalue weighted by molar-refractivity contribution is 7.71. The molecule has 5 heteroatoms. The van der Waals surface area contributed by atoms with Gasteiger partial charge in [0.15, 0.2) is 4.77 Å². The van der Waals surface area contributed by atoms with Crippen molar-refractivity contribution in [2.45, 2.75) is 20.0 Å². The van der Waals surface area contributed by atoms with Crippen molar-refractivity contribution in [1.29, 1.82) is 0 Å². The molecule has 0 amide bonds. The van der Waals surface area contributed by atoms with Crippen LogP contribution in [0.25, 0.3) is 21.8 Å². The van der Waals surface area contributed by atoms with Crippen LogP contribution in [-0.2, 0) is 13.1 Å². The van der Waals surface area contributed by atoms with Gasteiger partial charge in [-0.05, 0) is 42.9 Å². The first-order valence-electron chi connectivity index (χ1n) is 8.05. The number of nitrogens with one attached hydrogen (secondary N) is 2. The lowest BCUT2D eigenvalue weighted by molar-refractivity contribution is 0.774. The van der Waals surface area contributed by atoms with E-state index in [1.54, 1.807) is 6.20 Å². The van der Waals surface area contributed by atoms with Gasteiger partial charge in [0, 0.05) is 41.9 Å². The second-order valence-corrected chi connectivity index (χ2v) is 6.14. The molecule has 2 aromatic carbocycles. The van der Waals surface area contributed by atoms with Gasteiger partial charge in [0.05, 0.1) is 11.0 Å². The third-order valence-electron chi connectivity index (χ3n) is 4.33. The quantitative estimate of drug-likeness (QED) is 0.523. The number of anilines is 1. The molecule has 2 heterocycles. The predicted octanol–water partition coefficient (Wildman–Crippen LogP) is 4.88. The summed E-state index contributed by atoms with van der Waals surface area (Å²) in [6.45, 7) is 3.72. The van der Waals surface area contributed by atoms with E-state index in [4.69, 9.17) is 12.2 Å². The number of aryl methyl sites for hydroxylation is 1. The van der Waals surface area contributed by atoms with Crippen LogP contribution in [0.15, 0.2) is 54.9 Å². The smallest absolute Gasteiger partial charge is 0.178 e. The van der Waals surface area contributed by atoms with Crippen LogP contribution < -0.4 is 5.32 Å². The third-order valence-corrected chi connectivity index (χ3v) is 4.65. The van der Waals surface area contributed by atoms with Crippen LogP contribution >= 0.6 is 12.2 Å². The molecule has 4 rings (SSSR count). The van der Waals surface area contributed by atoms with Gasteiger partial charge in [-0.25, -0.2) is 0 Å². The van der Waals surface area contributed by atoms with Crippen molar-refractivity contribution in [2.75, 3.05) is 5.32 Å². The fourth-order valence-corrected chi connectivity index (χ4v) is 3.48. The minimum atomic E-state index is 0.747. The number of imidazole rings is 1. The van der Waals surface area contributed by atoms with Gasteiger partial charge in [-0.15, -0.1) is 0 Å². The zero-order valence-corrected chi connectivity index (χ0v) is 14.2. The molecular weight excluding hydrogens is 316 g/mol. The zero-order valence-electron chi connectivity index (χ0n) is 13.4. The Morgan fingerprint density at radius 2 is 2.04 bits per heavy atom. The molecule has 0 unspecified atom stereocenters. The lowest BCUT2D eigenvalue weighted by Gasteiger charge is -2.10. The Bertz CT molecular complexity index is 1060. The van der Waals surface area contributed by atoms with Crippen LogP contribution in [-0.4, -0.2) is 14.5 Å². The normalized spacial score (nSPS) is 11.2. The Morgan fingerprint density at radius 3 is 2.83 bits per heavy atom. The van der Waals surface area contributed by atoms with Gasteiger partial charge >= 0.3 is 0 Å². The van der Waals surface area contributed by atoms with E-state index in [2.05, 4.69) is 63.2 Å². The van der Waals surface area contributed by atoms with Crippen molar-refractivity contribution in [1.82, 2.24) is 14.5 Å².